The summed E-state index contributed by atoms with van der Waals surface area (Å²) in [6.07, 6.45) is 4.57. The van der Waals surface area contributed by atoms with E-state index in [1.54, 1.807) is 16.6 Å². The molecule has 1 aliphatic rings. The fourth-order valence-electron chi connectivity index (χ4n) is 2.47. The Morgan fingerprint density at radius 1 is 1.53 bits per heavy atom. The second kappa shape index (κ2) is 6.07. The molecule has 0 radical (unpaired) electrons. The molecule has 0 amide bonds. The molecule has 1 saturated heterocycles. The molecule has 108 valence electrons. The van der Waals surface area contributed by atoms with Crippen molar-refractivity contribution < 1.29 is 8.42 Å². The highest BCUT2D eigenvalue weighted by molar-refractivity contribution is 7.89. The molecule has 0 spiro atoms. The normalized spacial score (nSPS) is 21.1. The number of H-pyrrole nitrogens is 1. The molecule has 1 atom stereocenters. The summed E-state index contributed by atoms with van der Waals surface area (Å²) in [6.45, 7) is 6.33. The first kappa shape index (κ1) is 14.6. The van der Waals surface area contributed by atoms with Crippen LogP contribution in [0, 0.1) is 0 Å². The quantitative estimate of drug-likeness (QED) is 0.782. The summed E-state index contributed by atoms with van der Waals surface area (Å²) in [4.78, 5) is 3.42. The SMILES string of the molecule is CCCNCc1cc(S(=O)(=O)N2CCCC2C)c[nH]1. The molecule has 5 nitrogen and oxygen atoms in total. The van der Waals surface area contributed by atoms with Gasteiger partial charge in [-0.25, -0.2) is 8.42 Å². The first-order chi connectivity index (χ1) is 9.05. The van der Waals surface area contributed by atoms with Crippen LogP contribution in [0.4, 0.5) is 0 Å². The molecule has 2 heterocycles. The average molecular weight is 285 g/mol. The molecule has 0 saturated carbocycles. The highest BCUT2D eigenvalue weighted by Crippen LogP contribution is 2.25. The molecule has 6 heteroatoms. The van der Waals surface area contributed by atoms with Gasteiger partial charge in [0.05, 0.1) is 4.90 Å². The third-order valence-electron chi connectivity index (χ3n) is 3.56. The predicted octanol–water partition coefficient (Wildman–Crippen LogP) is 1.69. The van der Waals surface area contributed by atoms with Gasteiger partial charge in [0, 0.05) is 31.0 Å². The highest BCUT2D eigenvalue weighted by atomic mass is 32.2. The van der Waals surface area contributed by atoms with Crippen molar-refractivity contribution in [3.63, 3.8) is 0 Å². The van der Waals surface area contributed by atoms with E-state index < -0.39 is 10.0 Å². The second-order valence-electron chi connectivity index (χ2n) is 5.14. The van der Waals surface area contributed by atoms with E-state index in [2.05, 4.69) is 17.2 Å². The van der Waals surface area contributed by atoms with Crippen LogP contribution in [0.1, 0.15) is 38.8 Å². The fourth-order valence-corrected chi connectivity index (χ4v) is 4.19. The van der Waals surface area contributed by atoms with Crippen LogP contribution in [0.3, 0.4) is 0 Å². The van der Waals surface area contributed by atoms with E-state index >= 15 is 0 Å². The summed E-state index contributed by atoms with van der Waals surface area (Å²) < 4.78 is 26.6. The number of aromatic amines is 1. The lowest BCUT2D eigenvalue weighted by molar-refractivity contribution is 0.408. The Kier molecular flexibility index (Phi) is 4.65. The first-order valence-corrected chi connectivity index (χ1v) is 8.39. The van der Waals surface area contributed by atoms with Crippen molar-refractivity contribution in [3.8, 4) is 0 Å². The maximum atomic E-state index is 12.5. The summed E-state index contributed by atoms with van der Waals surface area (Å²) in [5.41, 5.74) is 0.916. The first-order valence-electron chi connectivity index (χ1n) is 6.95. The monoisotopic (exact) mass is 285 g/mol. The van der Waals surface area contributed by atoms with Gasteiger partial charge >= 0.3 is 0 Å². The number of hydrogen-bond donors (Lipinski definition) is 2. The van der Waals surface area contributed by atoms with E-state index in [0.717, 1.165) is 31.5 Å². The molecule has 19 heavy (non-hydrogen) atoms. The Balaban J connectivity index is 2.08. The minimum Gasteiger partial charge on any atom is -0.363 e. The van der Waals surface area contributed by atoms with Crippen LogP contribution in [-0.4, -0.2) is 36.8 Å². The molecule has 1 aliphatic heterocycles. The van der Waals surface area contributed by atoms with Crippen molar-refractivity contribution in [2.24, 2.45) is 0 Å². The number of nitrogens with zero attached hydrogens (tertiary/aromatic N) is 1. The smallest absolute Gasteiger partial charge is 0.244 e. The molecule has 1 aromatic rings. The molecular weight excluding hydrogens is 262 g/mol. The van der Waals surface area contributed by atoms with Crippen molar-refractivity contribution in [2.75, 3.05) is 13.1 Å². The molecule has 1 aromatic heterocycles. The Labute approximate surface area is 115 Å². The van der Waals surface area contributed by atoms with Gasteiger partial charge in [-0.3, -0.25) is 0 Å². The van der Waals surface area contributed by atoms with Gasteiger partial charge in [0.15, 0.2) is 0 Å². The van der Waals surface area contributed by atoms with Crippen LogP contribution < -0.4 is 5.32 Å². The third kappa shape index (κ3) is 3.19. The topological polar surface area (TPSA) is 65.2 Å². The maximum Gasteiger partial charge on any atom is 0.244 e. The lowest BCUT2D eigenvalue weighted by Gasteiger charge is -2.19. The second-order valence-corrected chi connectivity index (χ2v) is 7.03. The third-order valence-corrected chi connectivity index (χ3v) is 5.55. The Bertz CT molecular complexity index is 510. The summed E-state index contributed by atoms with van der Waals surface area (Å²) in [6, 6.07) is 1.85. The standard InChI is InChI=1S/C13H23N3O2S/c1-3-6-14-9-12-8-13(10-15-12)19(17,18)16-7-4-5-11(16)2/h8,10-11,14-15H,3-7,9H2,1-2H3. The maximum absolute atomic E-state index is 12.5. The van der Waals surface area contributed by atoms with E-state index in [1.165, 1.54) is 0 Å². The van der Waals surface area contributed by atoms with E-state index in [-0.39, 0.29) is 6.04 Å². The molecule has 1 unspecified atom stereocenters. The van der Waals surface area contributed by atoms with E-state index in [0.29, 0.717) is 18.0 Å². The minimum atomic E-state index is -3.32. The van der Waals surface area contributed by atoms with Crippen molar-refractivity contribution in [2.45, 2.75) is 50.6 Å². The number of rotatable bonds is 6. The van der Waals surface area contributed by atoms with Crippen LogP contribution in [0.15, 0.2) is 17.2 Å². The Morgan fingerprint density at radius 2 is 2.32 bits per heavy atom. The largest absolute Gasteiger partial charge is 0.363 e. The summed E-state index contributed by atoms with van der Waals surface area (Å²) in [5.74, 6) is 0. The zero-order valence-electron chi connectivity index (χ0n) is 11.6. The Morgan fingerprint density at radius 3 is 2.95 bits per heavy atom. The van der Waals surface area contributed by atoms with Gasteiger partial charge < -0.3 is 10.3 Å². The molecule has 2 rings (SSSR count). The summed E-state index contributed by atoms with van der Waals surface area (Å²) in [7, 11) is -3.32. The molecule has 0 bridgehead atoms. The minimum absolute atomic E-state index is 0.113. The van der Waals surface area contributed by atoms with Gasteiger partial charge in [-0.05, 0) is 38.8 Å². The summed E-state index contributed by atoms with van der Waals surface area (Å²) in [5, 5.41) is 3.25. The van der Waals surface area contributed by atoms with Gasteiger partial charge in [-0.15, -0.1) is 0 Å². The van der Waals surface area contributed by atoms with E-state index in [9.17, 15) is 8.42 Å². The molecule has 1 fully saturated rings. The average Bonchev–Trinajstić information content (AvgIpc) is 2.98. The van der Waals surface area contributed by atoms with Gasteiger partial charge in [0.2, 0.25) is 10.0 Å². The zero-order valence-corrected chi connectivity index (χ0v) is 12.5. The van der Waals surface area contributed by atoms with Gasteiger partial charge in [0.1, 0.15) is 0 Å². The van der Waals surface area contributed by atoms with Crippen molar-refractivity contribution in [1.82, 2.24) is 14.6 Å². The van der Waals surface area contributed by atoms with Crippen molar-refractivity contribution in [3.05, 3.63) is 18.0 Å². The summed E-state index contributed by atoms with van der Waals surface area (Å²) >= 11 is 0. The number of hydrogen-bond acceptors (Lipinski definition) is 3. The van der Waals surface area contributed by atoms with Gasteiger partial charge in [-0.1, -0.05) is 6.92 Å². The number of nitrogens with one attached hydrogen (secondary N) is 2. The van der Waals surface area contributed by atoms with E-state index in [1.807, 2.05) is 6.92 Å². The molecular formula is C13H23N3O2S. The number of sulfonamides is 1. The molecule has 2 N–H and O–H groups in total. The van der Waals surface area contributed by atoms with Crippen LogP contribution in [0.25, 0.3) is 0 Å². The predicted molar refractivity (Wildman–Crippen MR) is 75.4 cm³/mol. The lowest BCUT2D eigenvalue weighted by Crippen LogP contribution is -2.33. The van der Waals surface area contributed by atoms with Gasteiger partial charge in [0.25, 0.3) is 0 Å². The van der Waals surface area contributed by atoms with Crippen LogP contribution in [-0.2, 0) is 16.6 Å². The highest BCUT2D eigenvalue weighted by Gasteiger charge is 2.33. The Hall–Kier alpha value is -0.850. The van der Waals surface area contributed by atoms with Crippen molar-refractivity contribution >= 4 is 10.0 Å². The van der Waals surface area contributed by atoms with E-state index in [4.69, 9.17) is 0 Å². The lowest BCUT2D eigenvalue weighted by atomic mass is 10.3. The van der Waals surface area contributed by atoms with Crippen molar-refractivity contribution in [1.29, 1.82) is 0 Å². The molecule has 0 aromatic carbocycles. The number of aromatic nitrogens is 1. The fraction of sp³-hybridized carbons (Fsp3) is 0.692. The molecule has 0 aliphatic carbocycles. The zero-order chi connectivity index (χ0) is 13.9. The van der Waals surface area contributed by atoms with Crippen LogP contribution in [0.5, 0.6) is 0 Å². The van der Waals surface area contributed by atoms with Gasteiger partial charge in [-0.2, -0.15) is 4.31 Å². The van der Waals surface area contributed by atoms with Crippen LogP contribution >= 0.6 is 0 Å². The van der Waals surface area contributed by atoms with Crippen LogP contribution in [0.2, 0.25) is 0 Å².